The number of methoxy groups -OCH3 is 1. The lowest BCUT2D eigenvalue weighted by Gasteiger charge is -2.33. The summed E-state index contributed by atoms with van der Waals surface area (Å²) in [6.45, 7) is 2.27. The van der Waals surface area contributed by atoms with E-state index in [1.54, 1.807) is 6.07 Å². The average Bonchev–Trinajstić information content (AvgIpc) is 3.11. The normalized spacial score (nSPS) is 16.6. The van der Waals surface area contributed by atoms with Crippen molar-refractivity contribution in [3.05, 3.63) is 59.4 Å². The van der Waals surface area contributed by atoms with Crippen LogP contribution in [0.3, 0.4) is 0 Å². The second-order valence-corrected chi connectivity index (χ2v) is 6.49. The minimum absolute atomic E-state index is 0.225. The van der Waals surface area contributed by atoms with Crippen LogP contribution in [-0.2, 0) is 17.5 Å². The lowest BCUT2D eigenvalue weighted by Crippen LogP contribution is -2.34. The van der Waals surface area contributed by atoms with E-state index in [1.807, 2.05) is 16.8 Å². The Kier molecular flexibility index (Phi) is 5.36. The number of piperidine rings is 1. The average molecular weight is 366 g/mol. The molecule has 0 atom stereocenters. The van der Waals surface area contributed by atoms with Crippen LogP contribution in [0, 0.1) is 0 Å². The van der Waals surface area contributed by atoms with Crippen LogP contribution in [-0.4, -0.2) is 35.6 Å². The largest absolute Gasteiger partial charge is 0.464 e. The maximum absolute atomic E-state index is 12.6. The molecule has 0 N–H and O–H groups in total. The molecule has 0 bridgehead atoms. The molecule has 4 nitrogen and oxygen atoms in total. The summed E-state index contributed by atoms with van der Waals surface area (Å²) in [6, 6.07) is 9.14. The Balaban J connectivity index is 1.58. The number of halogens is 3. The van der Waals surface area contributed by atoms with E-state index in [1.165, 1.54) is 19.2 Å². The number of alkyl halides is 3. The van der Waals surface area contributed by atoms with Crippen LogP contribution in [0.25, 0.3) is 0 Å². The van der Waals surface area contributed by atoms with Crippen LogP contribution >= 0.6 is 0 Å². The summed E-state index contributed by atoms with van der Waals surface area (Å²) < 4.78 is 44.6. The maximum Gasteiger partial charge on any atom is 0.416 e. The van der Waals surface area contributed by atoms with E-state index < -0.39 is 11.7 Å². The summed E-state index contributed by atoms with van der Waals surface area (Å²) in [7, 11) is 1.37. The van der Waals surface area contributed by atoms with Crippen molar-refractivity contribution in [3.8, 4) is 0 Å². The van der Waals surface area contributed by atoms with Crippen LogP contribution in [0.4, 0.5) is 13.2 Å². The lowest BCUT2D eigenvalue weighted by atomic mass is 10.0. The molecule has 7 heteroatoms. The van der Waals surface area contributed by atoms with E-state index in [-0.39, 0.29) is 12.0 Å². The third-order valence-electron chi connectivity index (χ3n) is 4.81. The fourth-order valence-electron chi connectivity index (χ4n) is 3.40. The van der Waals surface area contributed by atoms with Crippen molar-refractivity contribution in [2.24, 2.45) is 0 Å². The number of nitrogens with zero attached hydrogens (tertiary/aromatic N) is 2. The molecule has 1 aromatic carbocycles. The van der Waals surface area contributed by atoms with Crippen molar-refractivity contribution in [1.29, 1.82) is 0 Å². The smallest absolute Gasteiger partial charge is 0.416 e. The van der Waals surface area contributed by atoms with Gasteiger partial charge in [0.15, 0.2) is 0 Å². The molecule has 0 spiro atoms. The second kappa shape index (κ2) is 7.53. The molecule has 2 heterocycles. The molecule has 1 fully saturated rings. The summed E-state index contributed by atoms with van der Waals surface area (Å²) >= 11 is 0. The fourth-order valence-corrected chi connectivity index (χ4v) is 3.40. The van der Waals surface area contributed by atoms with Gasteiger partial charge in [-0.25, -0.2) is 4.79 Å². The van der Waals surface area contributed by atoms with Gasteiger partial charge in [-0.15, -0.1) is 0 Å². The molecule has 140 valence electrons. The van der Waals surface area contributed by atoms with Crippen molar-refractivity contribution in [3.63, 3.8) is 0 Å². The third-order valence-corrected chi connectivity index (χ3v) is 4.81. The van der Waals surface area contributed by atoms with E-state index in [0.29, 0.717) is 12.2 Å². The van der Waals surface area contributed by atoms with Crippen LogP contribution in [0.1, 0.15) is 40.5 Å². The van der Waals surface area contributed by atoms with E-state index >= 15 is 0 Å². The Morgan fingerprint density at radius 3 is 2.38 bits per heavy atom. The molecule has 1 aliphatic rings. The van der Waals surface area contributed by atoms with Crippen molar-refractivity contribution in [2.45, 2.75) is 31.6 Å². The summed E-state index contributed by atoms with van der Waals surface area (Å²) in [5.41, 5.74) is 0.796. The topological polar surface area (TPSA) is 34.5 Å². The zero-order valence-electron chi connectivity index (χ0n) is 14.5. The first-order valence-electron chi connectivity index (χ1n) is 8.52. The zero-order valence-corrected chi connectivity index (χ0v) is 14.5. The summed E-state index contributed by atoms with van der Waals surface area (Å²) in [5.74, 6) is -0.345. The van der Waals surface area contributed by atoms with Crippen LogP contribution in [0.5, 0.6) is 0 Å². The number of carbonyl (C=O) groups is 1. The number of benzene rings is 1. The molecule has 26 heavy (non-hydrogen) atoms. The summed E-state index contributed by atoms with van der Waals surface area (Å²) in [4.78, 5) is 14.0. The predicted molar refractivity (Wildman–Crippen MR) is 90.8 cm³/mol. The van der Waals surface area contributed by atoms with Crippen molar-refractivity contribution in [2.75, 3.05) is 20.2 Å². The first-order valence-corrected chi connectivity index (χ1v) is 8.52. The lowest BCUT2D eigenvalue weighted by molar-refractivity contribution is -0.137. The number of carbonyl (C=O) groups excluding carboxylic acids is 1. The monoisotopic (exact) mass is 366 g/mol. The van der Waals surface area contributed by atoms with Gasteiger partial charge in [0, 0.05) is 31.9 Å². The summed E-state index contributed by atoms with van der Waals surface area (Å²) in [6.07, 6.45) is -0.661. The number of esters is 1. The van der Waals surface area contributed by atoms with Gasteiger partial charge in [-0.2, -0.15) is 13.2 Å². The standard InChI is InChI=1S/C19H21F3N2O2/c1-26-18(25)17-3-2-10-24(17)16-8-11-23(12-9-16)13-14-4-6-15(7-5-14)19(20,21)22/h2-7,10,16H,8-9,11-13H2,1H3. The Bertz CT molecular complexity index is 745. The van der Waals surface area contributed by atoms with Crippen molar-refractivity contribution in [1.82, 2.24) is 9.47 Å². The van der Waals surface area contributed by atoms with Crippen LogP contribution in [0.15, 0.2) is 42.6 Å². The highest BCUT2D eigenvalue weighted by Crippen LogP contribution is 2.30. The highest BCUT2D eigenvalue weighted by molar-refractivity contribution is 5.87. The highest BCUT2D eigenvalue weighted by atomic mass is 19.4. The van der Waals surface area contributed by atoms with Gasteiger partial charge >= 0.3 is 12.1 Å². The van der Waals surface area contributed by atoms with Crippen LogP contribution < -0.4 is 0 Å². The van der Waals surface area contributed by atoms with Crippen molar-refractivity contribution < 1.29 is 22.7 Å². The SMILES string of the molecule is COC(=O)c1cccn1C1CCN(Cc2ccc(C(F)(F)F)cc2)CC1. The molecule has 0 radical (unpaired) electrons. The predicted octanol–water partition coefficient (Wildman–Crippen LogP) is 4.13. The van der Waals surface area contributed by atoms with Gasteiger partial charge in [-0.1, -0.05) is 12.1 Å². The maximum atomic E-state index is 12.6. The number of hydrogen-bond acceptors (Lipinski definition) is 3. The van der Waals surface area contributed by atoms with Crippen LogP contribution in [0.2, 0.25) is 0 Å². The molecule has 3 rings (SSSR count). The quantitative estimate of drug-likeness (QED) is 0.763. The minimum atomic E-state index is -4.30. The molecule has 0 unspecified atom stereocenters. The number of likely N-dealkylation sites (tertiary alicyclic amines) is 1. The molecule has 1 aliphatic heterocycles. The molecule has 1 aromatic heterocycles. The van der Waals surface area contributed by atoms with E-state index in [4.69, 9.17) is 4.74 Å². The highest BCUT2D eigenvalue weighted by Gasteiger charge is 2.30. The first-order chi connectivity index (χ1) is 12.4. The van der Waals surface area contributed by atoms with E-state index in [2.05, 4.69) is 4.90 Å². The Labute approximate surface area is 150 Å². The molecule has 2 aromatic rings. The van der Waals surface area contributed by atoms with Gasteiger partial charge in [0.05, 0.1) is 12.7 Å². The second-order valence-electron chi connectivity index (χ2n) is 6.49. The van der Waals surface area contributed by atoms with Gasteiger partial charge in [0.25, 0.3) is 0 Å². The van der Waals surface area contributed by atoms with Crippen molar-refractivity contribution >= 4 is 5.97 Å². The molecule has 1 saturated heterocycles. The molecular formula is C19H21F3N2O2. The van der Waals surface area contributed by atoms with Gasteiger partial charge in [0.1, 0.15) is 5.69 Å². The van der Waals surface area contributed by atoms with E-state index in [0.717, 1.165) is 43.6 Å². The molecule has 0 saturated carbocycles. The van der Waals surface area contributed by atoms with Gasteiger partial charge < -0.3 is 9.30 Å². The minimum Gasteiger partial charge on any atom is -0.464 e. The van der Waals surface area contributed by atoms with Gasteiger partial charge in [0.2, 0.25) is 0 Å². The Morgan fingerprint density at radius 2 is 1.81 bits per heavy atom. The van der Waals surface area contributed by atoms with Gasteiger partial charge in [-0.05, 0) is 42.7 Å². The molecule has 0 aliphatic carbocycles. The Morgan fingerprint density at radius 1 is 1.15 bits per heavy atom. The molecular weight excluding hydrogens is 345 g/mol. The zero-order chi connectivity index (χ0) is 18.7. The fraction of sp³-hybridized carbons (Fsp3) is 0.421. The number of rotatable bonds is 4. The van der Waals surface area contributed by atoms with E-state index in [9.17, 15) is 18.0 Å². The first kappa shape index (κ1) is 18.5. The summed E-state index contributed by atoms with van der Waals surface area (Å²) in [5, 5.41) is 0. The number of aromatic nitrogens is 1. The third kappa shape index (κ3) is 4.09. The number of hydrogen-bond donors (Lipinski definition) is 0. The number of ether oxygens (including phenoxy) is 1. The van der Waals surface area contributed by atoms with Gasteiger partial charge in [-0.3, -0.25) is 4.90 Å². The Hall–Kier alpha value is -2.28. The molecule has 0 amide bonds.